The van der Waals surface area contributed by atoms with Gasteiger partial charge in [-0.15, -0.1) is 0 Å². The van der Waals surface area contributed by atoms with E-state index in [1.807, 2.05) is 0 Å². The van der Waals surface area contributed by atoms with Crippen molar-refractivity contribution in [2.75, 3.05) is 24.6 Å². The largest absolute Gasteiger partial charge is 0.179 e. The van der Waals surface area contributed by atoms with Crippen molar-refractivity contribution in [3.05, 3.63) is 55.3 Å². The van der Waals surface area contributed by atoms with Crippen LogP contribution in [0.5, 0.6) is 0 Å². The lowest BCUT2D eigenvalue weighted by Gasteiger charge is -2.17. The first-order chi connectivity index (χ1) is 16.8. The topological polar surface area (TPSA) is 97.5 Å². The summed E-state index contributed by atoms with van der Waals surface area (Å²) < 4.78 is 0. The van der Waals surface area contributed by atoms with E-state index in [0.29, 0.717) is 13.1 Å². The number of azide groups is 2. The zero-order chi connectivity index (χ0) is 24.7. The van der Waals surface area contributed by atoms with Crippen LogP contribution >= 0.6 is 25.3 Å². The summed E-state index contributed by atoms with van der Waals surface area (Å²) in [6.07, 6.45) is 18.2. The molecule has 8 heteroatoms. The molecule has 6 nitrogen and oxygen atoms in total. The summed E-state index contributed by atoms with van der Waals surface area (Å²) in [7, 11) is 0. The Morgan fingerprint density at radius 2 is 0.824 bits per heavy atom. The Morgan fingerprint density at radius 1 is 0.500 bits per heavy atom. The van der Waals surface area contributed by atoms with Gasteiger partial charge in [0.25, 0.3) is 0 Å². The Morgan fingerprint density at radius 3 is 1.12 bits per heavy atom. The number of unbranched alkanes of at least 4 members (excludes halogenated alkanes) is 8. The average Bonchev–Trinajstić information content (AvgIpc) is 2.85. The van der Waals surface area contributed by atoms with E-state index in [1.165, 1.54) is 49.7 Å². The van der Waals surface area contributed by atoms with Gasteiger partial charge in [-0.25, -0.2) is 0 Å². The predicted molar refractivity (Wildman–Crippen MR) is 152 cm³/mol. The van der Waals surface area contributed by atoms with Crippen LogP contribution in [-0.2, 0) is 25.7 Å². The van der Waals surface area contributed by atoms with Gasteiger partial charge in [0.15, 0.2) is 0 Å². The molecule has 0 saturated heterocycles. The third-order valence-electron chi connectivity index (χ3n) is 6.27. The van der Waals surface area contributed by atoms with Crippen LogP contribution in [0.3, 0.4) is 0 Å². The Balaban J connectivity index is 2.92. The number of hydrogen-bond acceptors (Lipinski definition) is 4. The first kappa shape index (κ1) is 30.6. The third kappa shape index (κ3) is 14.7. The molecule has 0 aromatic heterocycles. The number of rotatable bonds is 22. The fourth-order valence-corrected chi connectivity index (χ4v) is 4.82. The first-order valence-corrected chi connectivity index (χ1v) is 14.4. The van der Waals surface area contributed by atoms with Crippen molar-refractivity contribution in [2.24, 2.45) is 10.2 Å². The second kappa shape index (κ2) is 22.0. The Labute approximate surface area is 217 Å². The minimum absolute atomic E-state index is 0.593. The van der Waals surface area contributed by atoms with Crippen LogP contribution in [0.1, 0.15) is 99.3 Å². The van der Waals surface area contributed by atoms with E-state index >= 15 is 0 Å². The molecular formula is C26H44N6S2. The van der Waals surface area contributed by atoms with Crippen molar-refractivity contribution in [2.45, 2.75) is 103 Å². The second-order valence-electron chi connectivity index (χ2n) is 8.99. The van der Waals surface area contributed by atoms with Gasteiger partial charge in [0.2, 0.25) is 0 Å². The lowest BCUT2D eigenvalue weighted by atomic mass is 9.88. The number of aryl methyl sites for hydroxylation is 4. The van der Waals surface area contributed by atoms with Crippen molar-refractivity contribution >= 4 is 25.3 Å². The molecule has 0 N–H and O–H groups in total. The summed E-state index contributed by atoms with van der Waals surface area (Å²) in [5, 5.41) is 7.32. The summed E-state index contributed by atoms with van der Waals surface area (Å²) in [6, 6.07) is 5.02. The predicted octanol–water partition coefficient (Wildman–Crippen LogP) is 9.02. The van der Waals surface area contributed by atoms with Gasteiger partial charge >= 0.3 is 0 Å². The van der Waals surface area contributed by atoms with Crippen molar-refractivity contribution in [1.82, 2.24) is 0 Å². The normalized spacial score (nSPS) is 10.6. The van der Waals surface area contributed by atoms with Crippen LogP contribution < -0.4 is 0 Å². The average molecular weight is 505 g/mol. The lowest BCUT2D eigenvalue weighted by Crippen LogP contribution is -2.04. The fourth-order valence-electron chi connectivity index (χ4n) is 4.37. The maximum atomic E-state index is 8.47. The molecule has 190 valence electrons. The highest BCUT2D eigenvalue weighted by atomic mass is 32.1. The molecule has 0 amide bonds. The zero-order valence-corrected chi connectivity index (χ0v) is 22.7. The molecule has 0 radical (unpaired) electrons. The molecule has 0 fully saturated rings. The molecule has 0 aliphatic carbocycles. The quantitative estimate of drug-likeness (QED) is 0.0517. The molecule has 1 rings (SSSR count). The Hall–Kier alpha value is -1.46. The van der Waals surface area contributed by atoms with Crippen LogP contribution in [0, 0.1) is 0 Å². The molecule has 1 aromatic rings. The molecule has 0 spiro atoms. The van der Waals surface area contributed by atoms with Gasteiger partial charge in [0.1, 0.15) is 0 Å². The van der Waals surface area contributed by atoms with E-state index in [-0.39, 0.29) is 0 Å². The highest BCUT2D eigenvalue weighted by Gasteiger charge is 2.11. The molecule has 0 aliphatic rings. The van der Waals surface area contributed by atoms with Crippen molar-refractivity contribution in [3.8, 4) is 0 Å². The molecule has 0 heterocycles. The fraction of sp³-hybridized carbons (Fsp3) is 0.769. The smallest absolute Gasteiger partial charge is 0.0257 e. The van der Waals surface area contributed by atoms with Crippen LogP contribution in [0.15, 0.2) is 22.4 Å². The molecule has 0 saturated carbocycles. The van der Waals surface area contributed by atoms with Crippen molar-refractivity contribution in [1.29, 1.82) is 0 Å². The van der Waals surface area contributed by atoms with Crippen LogP contribution in [0.25, 0.3) is 20.9 Å². The number of nitrogens with zero attached hydrogens (tertiary/aromatic N) is 6. The van der Waals surface area contributed by atoms with Crippen molar-refractivity contribution < 1.29 is 0 Å². The highest BCUT2D eigenvalue weighted by Crippen LogP contribution is 2.25. The summed E-state index contributed by atoms with van der Waals surface area (Å²) in [6.45, 7) is 1.19. The lowest BCUT2D eigenvalue weighted by molar-refractivity contribution is 0.661. The van der Waals surface area contributed by atoms with E-state index in [2.05, 4.69) is 57.4 Å². The molecule has 34 heavy (non-hydrogen) atoms. The van der Waals surface area contributed by atoms with Crippen LogP contribution in [0.4, 0.5) is 0 Å². The minimum atomic E-state index is 0.593. The van der Waals surface area contributed by atoms with Gasteiger partial charge in [-0.05, 0) is 122 Å². The Bertz CT molecular complexity index is 695. The monoisotopic (exact) mass is 504 g/mol. The highest BCUT2D eigenvalue weighted by molar-refractivity contribution is 7.80. The summed E-state index contributed by atoms with van der Waals surface area (Å²) in [5.41, 5.74) is 23.0. The number of hydrogen-bond donors (Lipinski definition) is 2. The molecular weight excluding hydrogens is 460 g/mol. The van der Waals surface area contributed by atoms with Crippen molar-refractivity contribution in [3.63, 3.8) is 0 Å². The van der Waals surface area contributed by atoms with Gasteiger partial charge in [0.05, 0.1) is 0 Å². The SMILES string of the molecule is [N-]=[N+]=NCCCCCc1cc(CCCCCS)c(CCCCCS)cc1CCCCCN=[N+]=[N-]. The number of benzene rings is 1. The van der Waals surface area contributed by atoms with E-state index in [0.717, 1.165) is 75.7 Å². The van der Waals surface area contributed by atoms with E-state index in [4.69, 9.17) is 11.1 Å². The third-order valence-corrected chi connectivity index (χ3v) is 6.90. The second-order valence-corrected chi connectivity index (χ2v) is 9.88. The molecule has 0 bridgehead atoms. The van der Waals surface area contributed by atoms with E-state index in [1.54, 1.807) is 11.1 Å². The molecule has 0 unspecified atom stereocenters. The molecule has 0 aliphatic heterocycles. The van der Waals surface area contributed by atoms with Crippen LogP contribution in [-0.4, -0.2) is 24.6 Å². The van der Waals surface area contributed by atoms with E-state index < -0.39 is 0 Å². The van der Waals surface area contributed by atoms with Gasteiger partial charge in [0, 0.05) is 22.9 Å². The minimum Gasteiger partial charge on any atom is -0.179 e. The maximum absolute atomic E-state index is 8.47. The summed E-state index contributed by atoms with van der Waals surface area (Å²) in [5.74, 6) is 1.94. The number of thiol groups is 2. The van der Waals surface area contributed by atoms with Crippen LogP contribution in [0.2, 0.25) is 0 Å². The maximum Gasteiger partial charge on any atom is 0.0257 e. The van der Waals surface area contributed by atoms with Gasteiger partial charge < -0.3 is 0 Å². The van der Waals surface area contributed by atoms with E-state index in [9.17, 15) is 0 Å². The molecule has 1 aromatic carbocycles. The Kier molecular flexibility index (Phi) is 19.8. The van der Waals surface area contributed by atoms with Gasteiger partial charge in [-0.2, -0.15) is 25.3 Å². The standard InChI is InChI=1S/C26H44N6S2/c27-31-29-17-9-1-5-13-23-21-25(15-7-3-11-19-33)26(16-8-4-12-20-34)22-24(23)14-6-2-10-18-30-32-28/h21-22,33-34H,1-20H2. The zero-order valence-electron chi connectivity index (χ0n) is 20.9. The van der Waals surface area contributed by atoms with Gasteiger partial charge in [-0.3, -0.25) is 0 Å². The van der Waals surface area contributed by atoms with Gasteiger partial charge in [-0.1, -0.05) is 48.0 Å². The molecule has 0 atom stereocenters. The summed E-state index contributed by atoms with van der Waals surface area (Å²) >= 11 is 8.74. The first-order valence-electron chi connectivity index (χ1n) is 13.1. The summed E-state index contributed by atoms with van der Waals surface area (Å²) in [4.78, 5) is 5.71.